The topological polar surface area (TPSA) is 72.0 Å². The summed E-state index contributed by atoms with van der Waals surface area (Å²) in [6.45, 7) is 2.11. The Morgan fingerprint density at radius 2 is 2.12 bits per heavy atom. The highest BCUT2D eigenvalue weighted by Gasteiger charge is 2.20. The molecule has 1 saturated carbocycles. The first kappa shape index (κ1) is 11.5. The summed E-state index contributed by atoms with van der Waals surface area (Å²) in [6, 6.07) is 2.03. The van der Waals surface area contributed by atoms with Gasteiger partial charge in [0.1, 0.15) is 6.10 Å². The van der Waals surface area contributed by atoms with Gasteiger partial charge in [0.25, 0.3) is 0 Å². The Balaban J connectivity index is 2.27. The number of nitrogens with zero attached hydrogens (tertiary/aromatic N) is 2. The van der Waals surface area contributed by atoms with Crippen LogP contribution in [-0.4, -0.2) is 21.6 Å². The van der Waals surface area contributed by atoms with E-state index < -0.39 is 6.10 Å². The highest BCUT2D eigenvalue weighted by Crippen LogP contribution is 2.33. The smallest absolute Gasteiger partial charge is 0.158 e. The van der Waals surface area contributed by atoms with E-state index in [1.54, 1.807) is 0 Å². The van der Waals surface area contributed by atoms with E-state index in [1.165, 1.54) is 25.7 Å². The maximum atomic E-state index is 9.67. The van der Waals surface area contributed by atoms with Crippen LogP contribution in [0.3, 0.4) is 0 Å². The lowest BCUT2D eigenvalue weighted by Gasteiger charge is -2.13. The predicted molar refractivity (Wildman–Crippen MR) is 62.0 cm³/mol. The van der Waals surface area contributed by atoms with Crippen molar-refractivity contribution in [3.8, 4) is 0 Å². The van der Waals surface area contributed by atoms with E-state index in [2.05, 4.69) is 9.97 Å². The van der Waals surface area contributed by atoms with Gasteiger partial charge in [-0.2, -0.15) is 0 Å². The monoisotopic (exact) mass is 221 g/mol. The molecule has 1 aromatic rings. The molecule has 0 spiro atoms. The number of rotatable bonds is 3. The summed E-state index contributed by atoms with van der Waals surface area (Å²) < 4.78 is 0. The van der Waals surface area contributed by atoms with E-state index in [9.17, 15) is 5.11 Å². The van der Waals surface area contributed by atoms with Crippen LogP contribution >= 0.6 is 0 Å². The third-order valence-corrected chi connectivity index (χ3v) is 3.19. The molecular weight excluding hydrogens is 202 g/mol. The van der Waals surface area contributed by atoms with Gasteiger partial charge in [-0.1, -0.05) is 12.8 Å². The zero-order chi connectivity index (χ0) is 11.5. The molecule has 0 aromatic carbocycles. The number of aliphatic hydroxyl groups excluding tert-OH is 1. The molecule has 1 aliphatic rings. The first-order chi connectivity index (χ1) is 7.70. The first-order valence-corrected chi connectivity index (χ1v) is 5.94. The second kappa shape index (κ2) is 4.89. The number of nitrogens with two attached hydrogens (primary N) is 1. The summed E-state index contributed by atoms with van der Waals surface area (Å²) in [4.78, 5) is 8.68. The van der Waals surface area contributed by atoms with E-state index in [-0.39, 0.29) is 6.54 Å². The quantitative estimate of drug-likeness (QED) is 0.810. The van der Waals surface area contributed by atoms with Crippen molar-refractivity contribution in [1.29, 1.82) is 0 Å². The fraction of sp³-hybridized carbons (Fsp3) is 0.667. The fourth-order valence-corrected chi connectivity index (χ4v) is 2.30. The molecule has 1 heterocycles. The fourth-order valence-electron chi connectivity index (χ4n) is 2.30. The van der Waals surface area contributed by atoms with Gasteiger partial charge in [-0.05, 0) is 25.8 Å². The number of hydrogen-bond acceptors (Lipinski definition) is 4. The zero-order valence-electron chi connectivity index (χ0n) is 9.69. The van der Waals surface area contributed by atoms with Crippen LogP contribution in [0.2, 0.25) is 0 Å². The largest absolute Gasteiger partial charge is 0.384 e. The second-order valence-corrected chi connectivity index (χ2v) is 4.53. The minimum absolute atomic E-state index is 0.174. The molecule has 4 heteroatoms. The summed E-state index contributed by atoms with van der Waals surface area (Å²) in [5.74, 6) is 1.02. The van der Waals surface area contributed by atoms with Crippen LogP contribution in [0.1, 0.15) is 54.9 Å². The summed E-state index contributed by atoms with van der Waals surface area (Å²) in [6.07, 6.45) is 4.23. The zero-order valence-corrected chi connectivity index (χ0v) is 9.69. The van der Waals surface area contributed by atoms with Crippen molar-refractivity contribution in [2.75, 3.05) is 6.54 Å². The molecule has 1 atom stereocenters. The summed E-state index contributed by atoms with van der Waals surface area (Å²) >= 11 is 0. The van der Waals surface area contributed by atoms with Crippen LogP contribution in [0.25, 0.3) is 0 Å². The molecular formula is C12H19N3O. The maximum Gasteiger partial charge on any atom is 0.158 e. The molecule has 0 saturated heterocycles. The summed E-state index contributed by atoms with van der Waals surface area (Å²) in [7, 11) is 0. The predicted octanol–water partition coefficient (Wildman–Crippen LogP) is 1.43. The number of aryl methyl sites for hydroxylation is 1. The Kier molecular flexibility index (Phi) is 3.51. The Morgan fingerprint density at radius 1 is 1.44 bits per heavy atom. The molecule has 4 nitrogen and oxygen atoms in total. The number of hydrogen-bond donors (Lipinski definition) is 2. The van der Waals surface area contributed by atoms with Crippen LogP contribution in [-0.2, 0) is 0 Å². The van der Waals surface area contributed by atoms with Crippen LogP contribution in [0.5, 0.6) is 0 Å². The molecule has 88 valence electrons. The number of aromatic nitrogens is 2. The average molecular weight is 221 g/mol. The molecule has 1 aliphatic carbocycles. The van der Waals surface area contributed by atoms with Crippen molar-refractivity contribution in [1.82, 2.24) is 9.97 Å². The lowest BCUT2D eigenvalue weighted by molar-refractivity contribution is 0.176. The Labute approximate surface area is 95.9 Å². The van der Waals surface area contributed by atoms with E-state index in [0.717, 1.165) is 11.4 Å². The van der Waals surface area contributed by atoms with Gasteiger partial charge in [-0.15, -0.1) is 0 Å². The van der Waals surface area contributed by atoms with Gasteiger partial charge in [0, 0.05) is 23.9 Å². The lowest BCUT2D eigenvalue weighted by Crippen LogP contribution is -2.16. The van der Waals surface area contributed by atoms with Crippen LogP contribution in [0, 0.1) is 6.92 Å². The molecule has 2 rings (SSSR count). The van der Waals surface area contributed by atoms with E-state index in [0.29, 0.717) is 11.7 Å². The molecule has 0 amide bonds. The van der Waals surface area contributed by atoms with Crippen molar-refractivity contribution in [3.63, 3.8) is 0 Å². The SMILES string of the molecule is Cc1cc(C2CCCC2)nc(C(O)CN)n1. The summed E-state index contributed by atoms with van der Waals surface area (Å²) in [5, 5.41) is 9.67. The molecule has 0 aliphatic heterocycles. The minimum Gasteiger partial charge on any atom is -0.384 e. The third-order valence-electron chi connectivity index (χ3n) is 3.19. The Bertz CT molecular complexity index is 361. The average Bonchev–Trinajstić information content (AvgIpc) is 2.80. The van der Waals surface area contributed by atoms with Crippen LogP contribution in [0.15, 0.2) is 6.07 Å². The van der Waals surface area contributed by atoms with Gasteiger partial charge in [0.05, 0.1) is 0 Å². The molecule has 1 unspecified atom stereocenters. The molecule has 16 heavy (non-hydrogen) atoms. The molecule has 0 radical (unpaired) electrons. The minimum atomic E-state index is -0.736. The van der Waals surface area contributed by atoms with E-state index >= 15 is 0 Å². The van der Waals surface area contributed by atoms with Crippen LogP contribution < -0.4 is 5.73 Å². The van der Waals surface area contributed by atoms with Gasteiger partial charge in [-0.3, -0.25) is 0 Å². The highest BCUT2D eigenvalue weighted by atomic mass is 16.3. The van der Waals surface area contributed by atoms with Gasteiger partial charge in [0.15, 0.2) is 5.82 Å². The maximum absolute atomic E-state index is 9.67. The standard InChI is InChI=1S/C12H19N3O/c1-8-6-10(9-4-2-3-5-9)15-12(14-8)11(16)7-13/h6,9,11,16H,2-5,7,13H2,1H3. The number of aliphatic hydroxyl groups is 1. The summed E-state index contributed by atoms with van der Waals surface area (Å²) in [5.41, 5.74) is 7.42. The van der Waals surface area contributed by atoms with Crippen molar-refractivity contribution in [2.24, 2.45) is 5.73 Å². The van der Waals surface area contributed by atoms with Gasteiger partial charge < -0.3 is 10.8 Å². The lowest BCUT2D eigenvalue weighted by atomic mass is 10.0. The van der Waals surface area contributed by atoms with Crippen LogP contribution in [0.4, 0.5) is 0 Å². The Morgan fingerprint density at radius 3 is 2.75 bits per heavy atom. The molecule has 3 N–H and O–H groups in total. The van der Waals surface area contributed by atoms with Crippen molar-refractivity contribution >= 4 is 0 Å². The highest BCUT2D eigenvalue weighted by molar-refractivity contribution is 5.16. The first-order valence-electron chi connectivity index (χ1n) is 5.94. The third kappa shape index (κ3) is 2.39. The molecule has 1 fully saturated rings. The molecule has 0 bridgehead atoms. The normalized spacial score (nSPS) is 18.9. The van der Waals surface area contributed by atoms with E-state index in [4.69, 9.17) is 5.73 Å². The van der Waals surface area contributed by atoms with Crippen molar-refractivity contribution in [3.05, 3.63) is 23.3 Å². The second-order valence-electron chi connectivity index (χ2n) is 4.53. The molecule has 1 aromatic heterocycles. The van der Waals surface area contributed by atoms with Crippen molar-refractivity contribution < 1.29 is 5.11 Å². The van der Waals surface area contributed by atoms with E-state index in [1.807, 2.05) is 13.0 Å². The van der Waals surface area contributed by atoms with Gasteiger partial charge in [-0.25, -0.2) is 9.97 Å². The van der Waals surface area contributed by atoms with Gasteiger partial charge in [0.2, 0.25) is 0 Å². The van der Waals surface area contributed by atoms with Crippen molar-refractivity contribution in [2.45, 2.75) is 44.6 Å². The van der Waals surface area contributed by atoms with Gasteiger partial charge >= 0.3 is 0 Å². The Hall–Kier alpha value is -1.00.